The molecular weight excluding hydrogens is 248 g/mol. The van der Waals surface area contributed by atoms with E-state index in [0.717, 1.165) is 24.4 Å². The van der Waals surface area contributed by atoms with Crippen molar-refractivity contribution in [2.75, 3.05) is 6.54 Å². The van der Waals surface area contributed by atoms with Gasteiger partial charge in [0.25, 0.3) is 0 Å². The second kappa shape index (κ2) is 5.70. The van der Waals surface area contributed by atoms with E-state index in [1.807, 2.05) is 18.3 Å². The summed E-state index contributed by atoms with van der Waals surface area (Å²) in [7, 11) is 0. The van der Waals surface area contributed by atoms with Gasteiger partial charge >= 0.3 is 0 Å². The molecule has 0 radical (unpaired) electrons. The average molecular weight is 270 g/mol. The van der Waals surface area contributed by atoms with Crippen LogP contribution in [0.2, 0.25) is 0 Å². The minimum atomic E-state index is 0.169. The number of nitrogens with one attached hydrogen (secondary N) is 2. The predicted molar refractivity (Wildman–Crippen MR) is 81.5 cm³/mol. The van der Waals surface area contributed by atoms with Crippen molar-refractivity contribution < 1.29 is 4.79 Å². The molecule has 1 aliphatic rings. The highest BCUT2D eigenvalue weighted by Crippen LogP contribution is 2.36. The lowest BCUT2D eigenvalue weighted by molar-refractivity contribution is -0.121. The number of carbonyl (C=O) groups excluding carboxylic acids is 1. The van der Waals surface area contributed by atoms with Crippen molar-refractivity contribution in [3.05, 3.63) is 36.0 Å². The van der Waals surface area contributed by atoms with Crippen LogP contribution in [0.5, 0.6) is 0 Å². The summed E-state index contributed by atoms with van der Waals surface area (Å²) in [5.41, 5.74) is 2.37. The van der Waals surface area contributed by atoms with Crippen molar-refractivity contribution in [1.82, 2.24) is 10.3 Å². The third-order valence-electron chi connectivity index (χ3n) is 4.34. The topological polar surface area (TPSA) is 44.9 Å². The number of rotatable bonds is 6. The van der Waals surface area contributed by atoms with E-state index >= 15 is 0 Å². The van der Waals surface area contributed by atoms with Gasteiger partial charge in [-0.2, -0.15) is 0 Å². The van der Waals surface area contributed by atoms with E-state index in [0.29, 0.717) is 12.3 Å². The summed E-state index contributed by atoms with van der Waals surface area (Å²) in [6, 6.07) is 8.23. The summed E-state index contributed by atoms with van der Waals surface area (Å²) in [6.07, 6.45) is 6.07. The van der Waals surface area contributed by atoms with Crippen LogP contribution in [0.1, 0.15) is 31.7 Å². The van der Waals surface area contributed by atoms with Crippen LogP contribution in [0, 0.1) is 11.8 Å². The van der Waals surface area contributed by atoms with Gasteiger partial charge in [0.1, 0.15) is 0 Å². The average Bonchev–Trinajstić information content (AvgIpc) is 3.24. The van der Waals surface area contributed by atoms with Gasteiger partial charge in [0.2, 0.25) is 5.91 Å². The van der Waals surface area contributed by atoms with E-state index in [1.165, 1.54) is 23.8 Å². The normalized spacial score (nSPS) is 16.2. The molecule has 0 aliphatic heterocycles. The SMILES string of the molecule is CC(CNC(=O)CCc1c[nH]c2ccccc12)C1CC1. The van der Waals surface area contributed by atoms with Crippen molar-refractivity contribution in [2.45, 2.75) is 32.6 Å². The van der Waals surface area contributed by atoms with Gasteiger partial charge in [-0.25, -0.2) is 0 Å². The standard InChI is InChI=1S/C17H22N2O/c1-12(13-6-7-13)10-19-17(20)9-8-14-11-18-16-5-3-2-4-15(14)16/h2-5,11-13,18H,6-10H2,1H3,(H,19,20). The smallest absolute Gasteiger partial charge is 0.220 e. The van der Waals surface area contributed by atoms with Gasteiger partial charge in [0.15, 0.2) is 0 Å². The molecule has 1 heterocycles. The number of hydrogen-bond acceptors (Lipinski definition) is 1. The summed E-state index contributed by atoms with van der Waals surface area (Å²) in [5.74, 6) is 1.65. The Labute approximate surface area is 119 Å². The Bertz CT molecular complexity index is 598. The zero-order chi connectivity index (χ0) is 13.9. The van der Waals surface area contributed by atoms with Crippen LogP contribution < -0.4 is 5.32 Å². The molecule has 1 fully saturated rings. The van der Waals surface area contributed by atoms with Gasteiger partial charge in [-0.05, 0) is 42.7 Å². The van der Waals surface area contributed by atoms with Crippen LogP contribution in [0.15, 0.2) is 30.5 Å². The van der Waals surface area contributed by atoms with Crippen molar-refractivity contribution >= 4 is 16.8 Å². The van der Waals surface area contributed by atoms with Crippen molar-refractivity contribution in [1.29, 1.82) is 0 Å². The molecule has 20 heavy (non-hydrogen) atoms. The third-order valence-corrected chi connectivity index (χ3v) is 4.34. The Balaban J connectivity index is 1.49. The Kier molecular flexibility index (Phi) is 3.77. The summed E-state index contributed by atoms with van der Waals surface area (Å²) in [4.78, 5) is 15.2. The summed E-state index contributed by atoms with van der Waals surface area (Å²) in [5, 5.41) is 4.29. The fourth-order valence-corrected chi connectivity index (χ4v) is 2.78. The third kappa shape index (κ3) is 3.03. The molecule has 1 atom stereocenters. The fraction of sp³-hybridized carbons (Fsp3) is 0.471. The molecule has 106 valence electrons. The van der Waals surface area contributed by atoms with E-state index in [1.54, 1.807) is 0 Å². The predicted octanol–water partition coefficient (Wildman–Crippen LogP) is 3.26. The number of amides is 1. The first-order chi connectivity index (χ1) is 9.74. The van der Waals surface area contributed by atoms with Crippen LogP contribution in [-0.4, -0.2) is 17.4 Å². The van der Waals surface area contributed by atoms with Crippen LogP contribution >= 0.6 is 0 Å². The maximum Gasteiger partial charge on any atom is 0.220 e. The second-order valence-electron chi connectivity index (χ2n) is 5.98. The van der Waals surface area contributed by atoms with Crippen LogP contribution in [-0.2, 0) is 11.2 Å². The zero-order valence-corrected chi connectivity index (χ0v) is 12.0. The van der Waals surface area contributed by atoms with Crippen molar-refractivity contribution in [3.63, 3.8) is 0 Å². The molecule has 3 nitrogen and oxygen atoms in total. The number of benzene rings is 1. The minimum absolute atomic E-state index is 0.169. The quantitative estimate of drug-likeness (QED) is 0.831. The molecule has 1 aliphatic carbocycles. The molecule has 3 heteroatoms. The van der Waals surface area contributed by atoms with Crippen LogP contribution in [0.25, 0.3) is 10.9 Å². The number of carbonyl (C=O) groups is 1. The molecule has 1 unspecified atom stereocenters. The summed E-state index contributed by atoms with van der Waals surface area (Å²) >= 11 is 0. The second-order valence-corrected chi connectivity index (χ2v) is 5.98. The zero-order valence-electron chi connectivity index (χ0n) is 12.0. The largest absolute Gasteiger partial charge is 0.361 e. The lowest BCUT2D eigenvalue weighted by Crippen LogP contribution is -2.29. The summed E-state index contributed by atoms with van der Waals surface area (Å²) < 4.78 is 0. The van der Waals surface area contributed by atoms with Gasteiger partial charge < -0.3 is 10.3 Å². The molecule has 1 aromatic carbocycles. The van der Waals surface area contributed by atoms with E-state index in [2.05, 4.69) is 29.4 Å². The molecule has 0 spiro atoms. The molecule has 2 N–H and O–H groups in total. The highest BCUT2D eigenvalue weighted by molar-refractivity contribution is 5.84. The Morgan fingerprint density at radius 2 is 2.20 bits per heavy atom. The van der Waals surface area contributed by atoms with E-state index < -0.39 is 0 Å². The first kappa shape index (κ1) is 13.2. The maximum atomic E-state index is 11.9. The number of hydrogen-bond donors (Lipinski definition) is 2. The molecule has 1 saturated carbocycles. The number of para-hydroxylation sites is 1. The molecule has 1 aromatic heterocycles. The molecule has 2 aromatic rings. The molecule has 0 saturated heterocycles. The van der Waals surface area contributed by atoms with Crippen LogP contribution in [0.3, 0.4) is 0 Å². The lowest BCUT2D eigenvalue weighted by Gasteiger charge is -2.11. The first-order valence-corrected chi connectivity index (χ1v) is 7.55. The molecule has 0 bridgehead atoms. The molecule has 3 rings (SSSR count). The fourth-order valence-electron chi connectivity index (χ4n) is 2.78. The Morgan fingerprint density at radius 3 is 3.00 bits per heavy atom. The van der Waals surface area contributed by atoms with Gasteiger partial charge in [-0.15, -0.1) is 0 Å². The number of aryl methyl sites for hydroxylation is 1. The van der Waals surface area contributed by atoms with Crippen LogP contribution in [0.4, 0.5) is 0 Å². The van der Waals surface area contributed by atoms with Crippen molar-refractivity contribution in [2.24, 2.45) is 11.8 Å². The number of aromatic nitrogens is 1. The highest BCUT2D eigenvalue weighted by Gasteiger charge is 2.27. The monoisotopic (exact) mass is 270 g/mol. The first-order valence-electron chi connectivity index (χ1n) is 7.55. The summed E-state index contributed by atoms with van der Waals surface area (Å²) in [6.45, 7) is 3.06. The number of H-pyrrole nitrogens is 1. The molecular formula is C17H22N2O. The van der Waals surface area contributed by atoms with Gasteiger partial charge in [0.05, 0.1) is 0 Å². The highest BCUT2D eigenvalue weighted by atomic mass is 16.1. The van der Waals surface area contributed by atoms with E-state index in [9.17, 15) is 4.79 Å². The minimum Gasteiger partial charge on any atom is -0.361 e. The van der Waals surface area contributed by atoms with Gasteiger partial charge in [-0.1, -0.05) is 25.1 Å². The lowest BCUT2D eigenvalue weighted by atomic mass is 10.1. The number of fused-ring (bicyclic) bond motifs is 1. The van der Waals surface area contributed by atoms with E-state index in [4.69, 9.17) is 0 Å². The molecule has 1 amide bonds. The Hall–Kier alpha value is -1.77. The van der Waals surface area contributed by atoms with Gasteiger partial charge in [0, 0.05) is 30.1 Å². The van der Waals surface area contributed by atoms with Crippen molar-refractivity contribution in [3.8, 4) is 0 Å². The van der Waals surface area contributed by atoms with E-state index in [-0.39, 0.29) is 5.91 Å². The maximum absolute atomic E-state index is 11.9. The number of aromatic amines is 1. The van der Waals surface area contributed by atoms with Gasteiger partial charge in [-0.3, -0.25) is 4.79 Å². The Morgan fingerprint density at radius 1 is 1.40 bits per heavy atom.